The van der Waals surface area contributed by atoms with Gasteiger partial charge >= 0.3 is 12.0 Å². The summed E-state index contributed by atoms with van der Waals surface area (Å²) in [5, 5.41) is 13.0. The molecule has 0 spiro atoms. The molecule has 1 aliphatic rings. The van der Waals surface area contributed by atoms with Crippen molar-refractivity contribution in [3.05, 3.63) is 0 Å². The Kier molecular flexibility index (Phi) is 7.83. The zero-order valence-corrected chi connectivity index (χ0v) is 12.5. The van der Waals surface area contributed by atoms with Gasteiger partial charge in [0.1, 0.15) is 12.1 Å². The van der Waals surface area contributed by atoms with E-state index < -0.39 is 12.0 Å². The smallest absolute Gasteiger partial charge is 0.322 e. The summed E-state index contributed by atoms with van der Waals surface area (Å²) in [5.74, 6) is -0.340. The van der Waals surface area contributed by atoms with Crippen LogP contribution in [0.15, 0.2) is 0 Å². The molecule has 0 radical (unpaired) electrons. The van der Waals surface area contributed by atoms with E-state index in [9.17, 15) is 14.4 Å². The molecule has 5 N–H and O–H groups in total. The number of imide groups is 1. The summed E-state index contributed by atoms with van der Waals surface area (Å²) >= 11 is 0. The van der Waals surface area contributed by atoms with Crippen LogP contribution in [0, 0.1) is 11.8 Å². The SMILES string of the molecule is CC(C)CC1NC(=O)NC1=O.CC(C)C[C@@H](N)C(=O)O. The van der Waals surface area contributed by atoms with E-state index in [1.807, 2.05) is 27.7 Å². The molecular formula is C13H25N3O4. The van der Waals surface area contributed by atoms with E-state index in [2.05, 4.69) is 10.6 Å². The van der Waals surface area contributed by atoms with Crippen LogP contribution in [0.4, 0.5) is 4.79 Å². The lowest BCUT2D eigenvalue weighted by atomic mass is 10.0. The number of carboxylic acids is 1. The molecule has 7 nitrogen and oxygen atoms in total. The van der Waals surface area contributed by atoms with Crippen molar-refractivity contribution in [3.63, 3.8) is 0 Å². The van der Waals surface area contributed by atoms with Crippen LogP contribution in [0.2, 0.25) is 0 Å². The van der Waals surface area contributed by atoms with Gasteiger partial charge in [-0.05, 0) is 24.7 Å². The number of carbonyl (C=O) groups is 3. The van der Waals surface area contributed by atoms with E-state index in [-0.39, 0.29) is 18.0 Å². The van der Waals surface area contributed by atoms with Crippen LogP contribution < -0.4 is 16.4 Å². The standard InChI is InChI=1S/C7H12N2O2.C6H13NO2/c1-4(2)3-5-6(10)9-7(11)8-5;1-4(2)3-5(7)6(8)9/h4-5H,3H2,1-2H3,(H2,8,9,10,11);4-5H,3,7H2,1-2H3,(H,8,9)/t;5-/m.1/s1. The Morgan fingerprint density at radius 3 is 2.05 bits per heavy atom. The maximum Gasteiger partial charge on any atom is 0.322 e. The molecular weight excluding hydrogens is 262 g/mol. The Labute approximate surface area is 119 Å². The third kappa shape index (κ3) is 7.73. The van der Waals surface area contributed by atoms with Crippen molar-refractivity contribution in [2.24, 2.45) is 17.6 Å². The molecule has 0 aromatic rings. The zero-order valence-electron chi connectivity index (χ0n) is 12.5. The lowest BCUT2D eigenvalue weighted by Crippen LogP contribution is -2.31. The minimum Gasteiger partial charge on any atom is -0.480 e. The molecule has 0 saturated carbocycles. The summed E-state index contributed by atoms with van der Waals surface area (Å²) in [6, 6.07) is -1.38. The molecule has 0 aromatic carbocycles. The van der Waals surface area contributed by atoms with Crippen LogP contribution >= 0.6 is 0 Å². The Balaban J connectivity index is 0.000000370. The summed E-state index contributed by atoms with van der Waals surface area (Å²) in [7, 11) is 0. The summed E-state index contributed by atoms with van der Waals surface area (Å²) in [6.07, 6.45) is 1.26. The number of amides is 3. The Hall–Kier alpha value is -1.63. The highest BCUT2D eigenvalue weighted by molar-refractivity contribution is 6.04. The Bertz CT molecular complexity index is 356. The van der Waals surface area contributed by atoms with Gasteiger partial charge in [0.05, 0.1) is 0 Å². The average Bonchev–Trinajstić information content (AvgIpc) is 2.56. The van der Waals surface area contributed by atoms with E-state index in [0.29, 0.717) is 24.7 Å². The van der Waals surface area contributed by atoms with Crippen LogP contribution in [-0.4, -0.2) is 35.1 Å². The highest BCUT2D eigenvalue weighted by Crippen LogP contribution is 2.07. The Morgan fingerprint density at radius 2 is 1.80 bits per heavy atom. The van der Waals surface area contributed by atoms with Crippen LogP contribution in [0.1, 0.15) is 40.5 Å². The minimum absolute atomic E-state index is 0.205. The largest absolute Gasteiger partial charge is 0.480 e. The first kappa shape index (κ1) is 18.4. The van der Waals surface area contributed by atoms with Crippen LogP contribution in [-0.2, 0) is 9.59 Å². The number of carbonyl (C=O) groups excluding carboxylic acids is 2. The molecule has 7 heteroatoms. The molecule has 3 amide bonds. The van der Waals surface area contributed by atoms with Crippen molar-refractivity contribution in [2.45, 2.75) is 52.6 Å². The molecule has 1 saturated heterocycles. The van der Waals surface area contributed by atoms with Crippen molar-refractivity contribution in [1.82, 2.24) is 10.6 Å². The predicted octanol–water partition coefficient (Wildman–Crippen LogP) is 0.685. The van der Waals surface area contributed by atoms with Gasteiger partial charge in [0, 0.05) is 0 Å². The normalized spacial score (nSPS) is 19.2. The van der Waals surface area contributed by atoms with Gasteiger partial charge in [-0.15, -0.1) is 0 Å². The van der Waals surface area contributed by atoms with E-state index in [4.69, 9.17) is 10.8 Å². The molecule has 0 aromatic heterocycles. The first-order valence-corrected chi connectivity index (χ1v) is 6.73. The maximum atomic E-state index is 10.9. The number of aliphatic carboxylic acids is 1. The number of urea groups is 1. The third-order valence-electron chi connectivity index (χ3n) is 2.61. The van der Waals surface area contributed by atoms with Crippen LogP contribution in [0.5, 0.6) is 0 Å². The molecule has 0 bridgehead atoms. The molecule has 2 atom stereocenters. The molecule has 20 heavy (non-hydrogen) atoms. The number of hydrogen-bond acceptors (Lipinski definition) is 4. The van der Waals surface area contributed by atoms with Crippen molar-refractivity contribution >= 4 is 17.9 Å². The second kappa shape index (κ2) is 8.52. The summed E-state index contributed by atoms with van der Waals surface area (Å²) in [6.45, 7) is 7.92. The number of rotatable bonds is 5. The number of nitrogens with one attached hydrogen (secondary N) is 2. The maximum absolute atomic E-state index is 10.9. The van der Waals surface area contributed by atoms with E-state index >= 15 is 0 Å². The van der Waals surface area contributed by atoms with Crippen molar-refractivity contribution < 1.29 is 19.5 Å². The second-order valence-electron chi connectivity index (χ2n) is 5.72. The molecule has 116 valence electrons. The first-order valence-electron chi connectivity index (χ1n) is 6.73. The van der Waals surface area contributed by atoms with Crippen LogP contribution in [0.25, 0.3) is 0 Å². The highest BCUT2D eigenvalue weighted by atomic mass is 16.4. The van der Waals surface area contributed by atoms with Gasteiger partial charge in [-0.2, -0.15) is 0 Å². The molecule has 1 unspecified atom stereocenters. The molecule has 0 aliphatic carbocycles. The molecule has 1 fully saturated rings. The lowest BCUT2D eigenvalue weighted by Gasteiger charge is -2.08. The molecule has 1 rings (SSSR count). The molecule has 1 aliphatic heterocycles. The van der Waals surface area contributed by atoms with Crippen molar-refractivity contribution in [1.29, 1.82) is 0 Å². The van der Waals surface area contributed by atoms with Gasteiger partial charge in [0.15, 0.2) is 0 Å². The topological polar surface area (TPSA) is 122 Å². The predicted molar refractivity (Wildman–Crippen MR) is 75.0 cm³/mol. The van der Waals surface area contributed by atoms with Gasteiger partial charge < -0.3 is 16.2 Å². The lowest BCUT2D eigenvalue weighted by molar-refractivity contribution is -0.138. The zero-order chi connectivity index (χ0) is 15.9. The summed E-state index contributed by atoms with van der Waals surface area (Å²) < 4.78 is 0. The van der Waals surface area contributed by atoms with Gasteiger partial charge in [-0.3, -0.25) is 14.9 Å². The van der Waals surface area contributed by atoms with E-state index in [1.54, 1.807) is 0 Å². The monoisotopic (exact) mass is 287 g/mol. The van der Waals surface area contributed by atoms with Gasteiger partial charge in [-0.1, -0.05) is 27.7 Å². The van der Waals surface area contributed by atoms with Crippen LogP contribution in [0.3, 0.4) is 0 Å². The summed E-state index contributed by atoms with van der Waals surface area (Å²) in [4.78, 5) is 31.6. The first-order chi connectivity index (χ1) is 9.13. The fourth-order valence-corrected chi connectivity index (χ4v) is 1.70. The fraction of sp³-hybridized carbons (Fsp3) is 0.769. The van der Waals surface area contributed by atoms with E-state index in [1.165, 1.54) is 0 Å². The third-order valence-corrected chi connectivity index (χ3v) is 2.61. The second-order valence-corrected chi connectivity index (χ2v) is 5.72. The van der Waals surface area contributed by atoms with Gasteiger partial charge in [0.25, 0.3) is 5.91 Å². The quantitative estimate of drug-likeness (QED) is 0.554. The highest BCUT2D eigenvalue weighted by Gasteiger charge is 2.29. The number of carboxylic acid groups (broad SMARTS) is 1. The summed E-state index contributed by atoms with van der Waals surface area (Å²) in [5.41, 5.74) is 5.22. The van der Waals surface area contributed by atoms with E-state index in [0.717, 1.165) is 0 Å². The number of hydrogen-bond donors (Lipinski definition) is 4. The number of nitrogens with two attached hydrogens (primary N) is 1. The molecule has 1 heterocycles. The minimum atomic E-state index is -0.913. The Morgan fingerprint density at radius 1 is 1.25 bits per heavy atom. The average molecular weight is 287 g/mol. The van der Waals surface area contributed by atoms with Gasteiger partial charge in [0.2, 0.25) is 0 Å². The fourth-order valence-electron chi connectivity index (χ4n) is 1.70. The van der Waals surface area contributed by atoms with Gasteiger partial charge in [-0.25, -0.2) is 4.79 Å². The van der Waals surface area contributed by atoms with Crippen molar-refractivity contribution in [3.8, 4) is 0 Å². The van der Waals surface area contributed by atoms with Crippen molar-refractivity contribution in [2.75, 3.05) is 0 Å².